The first-order valence-corrected chi connectivity index (χ1v) is 7.16. The van der Waals surface area contributed by atoms with E-state index in [4.69, 9.17) is 4.74 Å². The lowest BCUT2D eigenvalue weighted by Crippen LogP contribution is -2.43. The number of rotatable bonds is 5. The molecule has 116 valence electrons. The van der Waals surface area contributed by atoms with Crippen molar-refractivity contribution >= 4 is 11.8 Å². The molecule has 1 rings (SSSR count). The Morgan fingerprint density at radius 3 is 2.50 bits per heavy atom. The van der Waals surface area contributed by atoms with Crippen molar-refractivity contribution in [1.29, 1.82) is 0 Å². The van der Waals surface area contributed by atoms with Crippen LogP contribution in [0.25, 0.3) is 0 Å². The lowest BCUT2D eigenvalue weighted by atomic mass is 9.87. The van der Waals surface area contributed by atoms with Crippen molar-refractivity contribution in [3.8, 4) is 0 Å². The maximum absolute atomic E-state index is 11.5. The molecule has 3 N–H and O–H groups in total. The fraction of sp³-hybridized carbons (Fsp3) is 0.857. The summed E-state index contributed by atoms with van der Waals surface area (Å²) >= 11 is 0. The molecule has 1 saturated heterocycles. The zero-order valence-electron chi connectivity index (χ0n) is 12.6. The number of aliphatic hydroxyl groups is 1. The molecule has 6 nitrogen and oxygen atoms in total. The Labute approximate surface area is 120 Å². The summed E-state index contributed by atoms with van der Waals surface area (Å²) < 4.78 is 5.35. The van der Waals surface area contributed by atoms with Crippen LogP contribution in [0.5, 0.6) is 0 Å². The van der Waals surface area contributed by atoms with Crippen molar-refractivity contribution in [3.63, 3.8) is 0 Å². The Bertz CT molecular complexity index is 333. The van der Waals surface area contributed by atoms with Gasteiger partial charge in [0.05, 0.1) is 12.2 Å². The van der Waals surface area contributed by atoms with Gasteiger partial charge < -0.3 is 20.5 Å². The van der Waals surface area contributed by atoms with Crippen LogP contribution in [-0.2, 0) is 14.3 Å². The van der Waals surface area contributed by atoms with Crippen LogP contribution < -0.4 is 10.6 Å². The van der Waals surface area contributed by atoms with E-state index >= 15 is 0 Å². The standard InChI is InChI=1S/C14H26N2O4/c1-14(2,3)11(17)6-7-15-12(18)13(19)16-9-10-5-4-8-20-10/h10-11,17H,4-9H2,1-3H3,(H,15,18)(H,16,19)/t10-,11-/m0/s1. The molecule has 0 radical (unpaired) electrons. The molecule has 1 heterocycles. The predicted octanol–water partition coefficient (Wildman–Crippen LogP) is 0.195. The lowest BCUT2D eigenvalue weighted by molar-refractivity contribution is -0.139. The smallest absolute Gasteiger partial charge is 0.309 e. The van der Waals surface area contributed by atoms with Crippen molar-refractivity contribution < 1.29 is 19.4 Å². The van der Waals surface area contributed by atoms with Gasteiger partial charge in [-0.15, -0.1) is 0 Å². The second kappa shape index (κ2) is 7.59. The Morgan fingerprint density at radius 2 is 1.95 bits per heavy atom. The van der Waals surface area contributed by atoms with Crippen molar-refractivity contribution in [2.24, 2.45) is 5.41 Å². The SMILES string of the molecule is CC(C)(C)[C@@H](O)CCNC(=O)C(=O)NC[C@@H]1CCCO1. The molecule has 20 heavy (non-hydrogen) atoms. The third-order valence-electron chi connectivity index (χ3n) is 3.42. The van der Waals surface area contributed by atoms with Crippen LogP contribution in [-0.4, -0.2) is 48.8 Å². The molecule has 2 amide bonds. The minimum Gasteiger partial charge on any atom is -0.393 e. The highest BCUT2D eigenvalue weighted by atomic mass is 16.5. The molecule has 0 aromatic rings. The summed E-state index contributed by atoms with van der Waals surface area (Å²) in [5.41, 5.74) is -0.229. The maximum atomic E-state index is 11.5. The quantitative estimate of drug-likeness (QED) is 0.630. The van der Waals surface area contributed by atoms with Gasteiger partial charge in [0.25, 0.3) is 0 Å². The van der Waals surface area contributed by atoms with Crippen LogP contribution in [0.4, 0.5) is 0 Å². The van der Waals surface area contributed by atoms with Crippen molar-refractivity contribution in [1.82, 2.24) is 10.6 Å². The zero-order valence-corrected chi connectivity index (χ0v) is 12.6. The number of amides is 2. The van der Waals surface area contributed by atoms with Crippen molar-refractivity contribution in [2.75, 3.05) is 19.7 Å². The summed E-state index contributed by atoms with van der Waals surface area (Å²) in [6, 6.07) is 0. The van der Waals surface area contributed by atoms with E-state index in [0.717, 1.165) is 19.4 Å². The van der Waals surface area contributed by atoms with Gasteiger partial charge in [0, 0.05) is 19.7 Å². The number of carbonyl (C=O) groups excluding carboxylic acids is 2. The Kier molecular flexibility index (Phi) is 6.42. The molecular formula is C14H26N2O4. The Morgan fingerprint density at radius 1 is 1.30 bits per heavy atom. The van der Waals surface area contributed by atoms with Crippen LogP contribution in [0, 0.1) is 5.41 Å². The second-order valence-electron chi connectivity index (χ2n) is 6.27. The first-order chi connectivity index (χ1) is 9.30. The van der Waals surface area contributed by atoms with E-state index in [1.165, 1.54) is 0 Å². The van der Waals surface area contributed by atoms with E-state index in [2.05, 4.69) is 10.6 Å². The van der Waals surface area contributed by atoms with E-state index in [0.29, 0.717) is 13.0 Å². The van der Waals surface area contributed by atoms with E-state index in [1.807, 2.05) is 20.8 Å². The largest absolute Gasteiger partial charge is 0.393 e. The summed E-state index contributed by atoms with van der Waals surface area (Å²) in [6.45, 7) is 7.15. The van der Waals surface area contributed by atoms with Crippen LogP contribution in [0.3, 0.4) is 0 Å². The molecule has 1 aliphatic rings. The highest BCUT2D eigenvalue weighted by Crippen LogP contribution is 2.20. The zero-order chi connectivity index (χ0) is 15.2. The predicted molar refractivity (Wildman–Crippen MR) is 75.1 cm³/mol. The fourth-order valence-corrected chi connectivity index (χ4v) is 1.93. The first-order valence-electron chi connectivity index (χ1n) is 7.16. The Balaban J connectivity index is 2.16. The minimum absolute atomic E-state index is 0.0227. The average Bonchev–Trinajstić information content (AvgIpc) is 2.87. The van der Waals surface area contributed by atoms with Gasteiger partial charge in [0.1, 0.15) is 0 Å². The van der Waals surface area contributed by atoms with Gasteiger partial charge in [0.2, 0.25) is 0 Å². The van der Waals surface area contributed by atoms with Crippen LogP contribution >= 0.6 is 0 Å². The van der Waals surface area contributed by atoms with E-state index in [-0.39, 0.29) is 18.1 Å². The second-order valence-corrected chi connectivity index (χ2v) is 6.27. The van der Waals surface area contributed by atoms with E-state index in [1.54, 1.807) is 0 Å². The molecule has 1 fully saturated rings. The van der Waals surface area contributed by atoms with Crippen LogP contribution in [0.2, 0.25) is 0 Å². The number of aliphatic hydroxyl groups excluding tert-OH is 1. The van der Waals surface area contributed by atoms with Gasteiger partial charge in [-0.1, -0.05) is 20.8 Å². The molecule has 0 aliphatic carbocycles. The summed E-state index contributed by atoms with van der Waals surface area (Å²) in [5, 5.41) is 14.9. The highest BCUT2D eigenvalue weighted by Gasteiger charge is 2.23. The third kappa shape index (κ3) is 5.88. The number of hydrogen-bond donors (Lipinski definition) is 3. The van der Waals surface area contributed by atoms with Gasteiger partial charge in [-0.2, -0.15) is 0 Å². The highest BCUT2D eigenvalue weighted by molar-refractivity contribution is 6.35. The Hall–Kier alpha value is -1.14. The molecule has 0 aromatic heterocycles. The van der Waals surface area contributed by atoms with Crippen LogP contribution in [0.1, 0.15) is 40.0 Å². The molecule has 6 heteroatoms. The number of carbonyl (C=O) groups is 2. The van der Waals surface area contributed by atoms with Gasteiger partial charge in [-0.25, -0.2) is 0 Å². The van der Waals surface area contributed by atoms with Gasteiger partial charge >= 0.3 is 11.8 Å². The van der Waals surface area contributed by atoms with Crippen molar-refractivity contribution in [2.45, 2.75) is 52.2 Å². The number of ether oxygens (including phenoxy) is 1. The molecule has 1 aliphatic heterocycles. The minimum atomic E-state index is -0.663. The van der Waals surface area contributed by atoms with Gasteiger partial charge in [-0.3, -0.25) is 9.59 Å². The molecular weight excluding hydrogens is 260 g/mol. The molecule has 2 atom stereocenters. The lowest BCUT2D eigenvalue weighted by Gasteiger charge is -2.25. The number of nitrogens with one attached hydrogen (secondary N) is 2. The average molecular weight is 286 g/mol. The van der Waals surface area contributed by atoms with Gasteiger partial charge in [0.15, 0.2) is 0 Å². The number of hydrogen-bond acceptors (Lipinski definition) is 4. The fourth-order valence-electron chi connectivity index (χ4n) is 1.93. The van der Waals surface area contributed by atoms with Gasteiger partial charge in [-0.05, 0) is 24.7 Å². The third-order valence-corrected chi connectivity index (χ3v) is 3.42. The van der Waals surface area contributed by atoms with E-state index in [9.17, 15) is 14.7 Å². The maximum Gasteiger partial charge on any atom is 0.309 e. The first kappa shape index (κ1) is 16.9. The topological polar surface area (TPSA) is 87.7 Å². The van der Waals surface area contributed by atoms with Crippen molar-refractivity contribution in [3.05, 3.63) is 0 Å². The monoisotopic (exact) mass is 286 g/mol. The molecule has 0 saturated carbocycles. The summed E-state index contributed by atoms with van der Waals surface area (Å²) in [7, 11) is 0. The summed E-state index contributed by atoms with van der Waals surface area (Å²) in [5.74, 6) is -1.31. The molecule has 0 unspecified atom stereocenters. The summed E-state index contributed by atoms with van der Waals surface area (Å²) in [6.07, 6.45) is 1.85. The van der Waals surface area contributed by atoms with E-state index < -0.39 is 17.9 Å². The summed E-state index contributed by atoms with van der Waals surface area (Å²) in [4.78, 5) is 23.1. The molecule has 0 aromatic carbocycles. The normalized spacial score (nSPS) is 20.5. The molecule has 0 spiro atoms. The van der Waals surface area contributed by atoms with Crippen LogP contribution in [0.15, 0.2) is 0 Å². The molecule has 0 bridgehead atoms.